The molecule has 20 heavy (non-hydrogen) atoms. The van der Waals surface area contributed by atoms with Crippen molar-refractivity contribution in [3.63, 3.8) is 0 Å². The third kappa shape index (κ3) is 3.00. The van der Waals surface area contributed by atoms with Gasteiger partial charge in [-0.05, 0) is 38.5 Å². The zero-order chi connectivity index (χ0) is 14.7. The molecule has 1 unspecified atom stereocenters. The van der Waals surface area contributed by atoms with E-state index >= 15 is 0 Å². The average Bonchev–Trinajstić information content (AvgIpc) is 2.72. The highest BCUT2D eigenvalue weighted by Gasteiger charge is 2.17. The Bertz CT molecular complexity index is 577. The van der Waals surface area contributed by atoms with E-state index < -0.39 is 0 Å². The third-order valence-electron chi connectivity index (χ3n) is 3.28. The van der Waals surface area contributed by atoms with Gasteiger partial charge in [-0.2, -0.15) is 0 Å². The van der Waals surface area contributed by atoms with Crippen molar-refractivity contribution >= 4 is 0 Å². The number of hydrogen-bond donors (Lipinski definition) is 2. The van der Waals surface area contributed by atoms with Gasteiger partial charge in [-0.3, -0.25) is 5.84 Å². The molecule has 1 heterocycles. The summed E-state index contributed by atoms with van der Waals surface area (Å²) in [6, 6.07) is 7.84. The highest BCUT2D eigenvalue weighted by atomic mass is 16.5. The van der Waals surface area contributed by atoms with Gasteiger partial charge in [0.2, 0.25) is 0 Å². The molecule has 0 bridgehead atoms. The van der Waals surface area contributed by atoms with Gasteiger partial charge in [-0.15, -0.1) is 0 Å². The average molecular weight is 274 g/mol. The summed E-state index contributed by atoms with van der Waals surface area (Å²) in [6.07, 6.45) is 1.99. The lowest BCUT2D eigenvalue weighted by Gasteiger charge is -2.19. The van der Waals surface area contributed by atoms with Gasteiger partial charge in [0, 0.05) is 7.05 Å². The Hall–Kier alpha value is -1.85. The Kier molecular flexibility index (Phi) is 4.42. The van der Waals surface area contributed by atoms with E-state index in [1.165, 1.54) is 0 Å². The molecule has 3 N–H and O–H groups in total. The molecular formula is C15H22N4O. The first-order chi connectivity index (χ1) is 9.52. The summed E-state index contributed by atoms with van der Waals surface area (Å²) in [4.78, 5) is 4.32. The normalized spacial score (nSPS) is 12.7. The highest BCUT2D eigenvalue weighted by Crippen LogP contribution is 2.25. The van der Waals surface area contributed by atoms with Crippen molar-refractivity contribution < 1.29 is 4.74 Å². The van der Waals surface area contributed by atoms with Crippen LogP contribution < -0.4 is 16.0 Å². The fourth-order valence-electron chi connectivity index (χ4n) is 2.18. The minimum Gasteiger partial charge on any atom is -0.491 e. The van der Waals surface area contributed by atoms with E-state index in [0.717, 1.165) is 22.8 Å². The molecular weight excluding hydrogens is 252 g/mol. The Balaban J connectivity index is 2.34. The van der Waals surface area contributed by atoms with Gasteiger partial charge in [0.15, 0.2) is 0 Å². The zero-order valence-corrected chi connectivity index (χ0v) is 12.4. The summed E-state index contributed by atoms with van der Waals surface area (Å²) in [5.41, 5.74) is 4.92. The number of aryl methyl sites for hydroxylation is 1. The maximum absolute atomic E-state index is 5.73. The lowest BCUT2D eigenvalue weighted by molar-refractivity contribution is 0.242. The van der Waals surface area contributed by atoms with E-state index in [-0.39, 0.29) is 12.1 Å². The van der Waals surface area contributed by atoms with Crippen molar-refractivity contribution in [2.45, 2.75) is 32.9 Å². The minimum atomic E-state index is -0.114. The number of ether oxygens (including phenoxy) is 1. The molecule has 0 amide bonds. The lowest BCUT2D eigenvalue weighted by Crippen LogP contribution is -2.30. The predicted octanol–water partition coefficient (Wildman–Crippen LogP) is 2.07. The highest BCUT2D eigenvalue weighted by molar-refractivity contribution is 5.34. The number of hydrazine groups is 1. The second-order valence-electron chi connectivity index (χ2n) is 5.13. The van der Waals surface area contributed by atoms with E-state index in [4.69, 9.17) is 10.6 Å². The van der Waals surface area contributed by atoms with E-state index in [9.17, 15) is 0 Å². The monoisotopic (exact) mass is 274 g/mol. The molecule has 5 nitrogen and oxygen atoms in total. The number of imidazole rings is 1. The van der Waals surface area contributed by atoms with Crippen LogP contribution in [0.2, 0.25) is 0 Å². The van der Waals surface area contributed by atoms with Crippen molar-refractivity contribution in [1.29, 1.82) is 0 Å². The van der Waals surface area contributed by atoms with Crippen LogP contribution in [0.15, 0.2) is 30.5 Å². The molecule has 2 aromatic rings. The van der Waals surface area contributed by atoms with E-state index in [1.807, 2.05) is 62.8 Å². The summed E-state index contributed by atoms with van der Waals surface area (Å²) in [5, 5.41) is 0. The van der Waals surface area contributed by atoms with E-state index in [0.29, 0.717) is 0 Å². The maximum Gasteiger partial charge on any atom is 0.120 e. The van der Waals surface area contributed by atoms with Gasteiger partial charge in [0.25, 0.3) is 0 Å². The molecule has 0 radical (unpaired) electrons. The smallest absolute Gasteiger partial charge is 0.120 e. The third-order valence-corrected chi connectivity index (χ3v) is 3.28. The fourth-order valence-corrected chi connectivity index (χ4v) is 2.18. The Morgan fingerprint density at radius 3 is 2.65 bits per heavy atom. The first kappa shape index (κ1) is 14.6. The van der Waals surface area contributed by atoms with Crippen LogP contribution in [0.3, 0.4) is 0 Å². The van der Waals surface area contributed by atoms with E-state index in [1.54, 1.807) is 0 Å². The summed E-state index contributed by atoms with van der Waals surface area (Å²) in [6.45, 7) is 5.99. The second-order valence-corrected chi connectivity index (χ2v) is 5.13. The molecule has 0 fully saturated rings. The van der Waals surface area contributed by atoms with Crippen LogP contribution >= 0.6 is 0 Å². The SMILES string of the molecule is Cc1ncc(C(NN)c2cccc(OC(C)C)c2)n1C. The molecule has 2 rings (SSSR count). The van der Waals surface area contributed by atoms with Crippen molar-refractivity contribution in [2.75, 3.05) is 0 Å². The number of hydrogen-bond acceptors (Lipinski definition) is 4. The lowest BCUT2D eigenvalue weighted by atomic mass is 10.0. The topological polar surface area (TPSA) is 65.1 Å². The summed E-state index contributed by atoms with van der Waals surface area (Å²) < 4.78 is 7.76. The van der Waals surface area contributed by atoms with Crippen LogP contribution in [0.1, 0.15) is 37.0 Å². The predicted molar refractivity (Wildman–Crippen MR) is 79.3 cm³/mol. The molecule has 1 aromatic heterocycles. The van der Waals surface area contributed by atoms with Crippen LogP contribution in [0, 0.1) is 6.92 Å². The van der Waals surface area contributed by atoms with Crippen LogP contribution in [-0.2, 0) is 7.05 Å². The van der Waals surface area contributed by atoms with Gasteiger partial charge >= 0.3 is 0 Å². The number of nitrogens with two attached hydrogens (primary N) is 1. The van der Waals surface area contributed by atoms with Gasteiger partial charge in [-0.1, -0.05) is 12.1 Å². The number of nitrogens with zero attached hydrogens (tertiary/aromatic N) is 2. The molecule has 0 saturated carbocycles. The molecule has 108 valence electrons. The molecule has 0 saturated heterocycles. The zero-order valence-electron chi connectivity index (χ0n) is 12.4. The van der Waals surface area contributed by atoms with Crippen molar-refractivity contribution in [3.05, 3.63) is 47.5 Å². The summed E-state index contributed by atoms with van der Waals surface area (Å²) in [7, 11) is 1.98. The molecule has 0 aliphatic carbocycles. The van der Waals surface area contributed by atoms with Gasteiger partial charge in [0.05, 0.1) is 24.0 Å². The largest absolute Gasteiger partial charge is 0.491 e. The van der Waals surface area contributed by atoms with Crippen molar-refractivity contribution in [3.8, 4) is 5.75 Å². The molecule has 1 aromatic carbocycles. The molecule has 1 atom stereocenters. The second kappa shape index (κ2) is 6.07. The Morgan fingerprint density at radius 2 is 2.10 bits per heavy atom. The van der Waals surface area contributed by atoms with Gasteiger partial charge < -0.3 is 9.30 Å². The van der Waals surface area contributed by atoms with Crippen molar-refractivity contribution in [1.82, 2.24) is 15.0 Å². The first-order valence-corrected chi connectivity index (χ1v) is 6.74. The maximum atomic E-state index is 5.73. The summed E-state index contributed by atoms with van der Waals surface area (Å²) in [5.74, 6) is 7.53. The molecule has 0 aliphatic heterocycles. The standard InChI is InChI=1S/C15H22N4O/c1-10(2)20-13-7-5-6-12(8-13)15(18-16)14-9-17-11(3)19(14)4/h5-10,15,18H,16H2,1-4H3. The first-order valence-electron chi connectivity index (χ1n) is 6.74. The minimum absolute atomic E-state index is 0.114. The number of rotatable bonds is 5. The molecule has 0 spiro atoms. The molecule has 5 heteroatoms. The van der Waals surface area contributed by atoms with Crippen LogP contribution in [0.5, 0.6) is 5.75 Å². The molecule has 0 aliphatic rings. The van der Waals surface area contributed by atoms with Gasteiger partial charge in [0.1, 0.15) is 11.6 Å². The Labute approximate surface area is 119 Å². The number of benzene rings is 1. The quantitative estimate of drug-likeness (QED) is 0.647. The van der Waals surface area contributed by atoms with Crippen molar-refractivity contribution in [2.24, 2.45) is 12.9 Å². The van der Waals surface area contributed by atoms with Crippen LogP contribution in [-0.4, -0.2) is 15.7 Å². The number of aromatic nitrogens is 2. The summed E-state index contributed by atoms with van der Waals surface area (Å²) >= 11 is 0. The van der Waals surface area contributed by atoms with Crippen LogP contribution in [0.4, 0.5) is 0 Å². The van der Waals surface area contributed by atoms with Gasteiger partial charge in [-0.25, -0.2) is 10.4 Å². The fraction of sp³-hybridized carbons (Fsp3) is 0.400. The van der Waals surface area contributed by atoms with E-state index in [2.05, 4.69) is 10.4 Å². The van der Waals surface area contributed by atoms with Crippen LogP contribution in [0.25, 0.3) is 0 Å². The number of nitrogens with one attached hydrogen (secondary N) is 1. The Morgan fingerprint density at radius 1 is 1.35 bits per heavy atom.